The summed E-state index contributed by atoms with van der Waals surface area (Å²) in [6, 6.07) is 5.08. The van der Waals surface area contributed by atoms with Crippen LogP contribution in [0.4, 0.5) is 10.6 Å². The zero-order valence-electron chi connectivity index (χ0n) is 17.2. The number of nitrogens with one attached hydrogen (secondary N) is 1. The Morgan fingerprint density at radius 1 is 1.31 bits per heavy atom. The normalized spacial score (nSPS) is 14.8. The maximum atomic E-state index is 12.5. The highest BCUT2D eigenvalue weighted by molar-refractivity contribution is 6.32. The molecule has 0 saturated heterocycles. The van der Waals surface area contributed by atoms with Crippen LogP contribution in [0.2, 0.25) is 5.02 Å². The smallest absolute Gasteiger partial charge is 0.323 e. The molecule has 1 atom stereocenters. The van der Waals surface area contributed by atoms with E-state index in [9.17, 15) is 9.90 Å². The predicted octanol–water partition coefficient (Wildman–Crippen LogP) is 2.84. The highest BCUT2D eigenvalue weighted by Crippen LogP contribution is 2.30. The van der Waals surface area contributed by atoms with Crippen molar-refractivity contribution in [1.29, 1.82) is 0 Å². The van der Waals surface area contributed by atoms with Gasteiger partial charge in [-0.3, -0.25) is 10.3 Å². The summed E-state index contributed by atoms with van der Waals surface area (Å²) in [4.78, 5) is 22.8. The largest absolute Gasteiger partial charge is 0.418 e. The monoisotopic (exact) mass is 456 g/mol. The van der Waals surface area contributed by atoms with E-state index in [1.54, 1.807) is 29.4 Å². The van der Waals surface area contributed by atoms with Crippen molar-refractivity contribution in [2.45, 2.75) is 19.4 Å². The first kappa shape index (κ1) is 21.9. The minimum Gasteiger partial charge on any atom is -0.418 e. The van der Waals surface area contributed by atoms with Crippen LogP contribution in [0.5, 0.6) is 0 Å². The highest BCUT2D eigenvalue weighted by Gasteiger charge is 2.21. The molecule has 32 heavy (non-hydrogen) atoms. The Morgan fingerprint density at radius 2 is 2.16 bits per heavy atom. The molecule has 11 heteroatoms. The number of hydrogen-bond donors (Lipinski definition) is 3. The van der Waals surface area contributed by atoms with E-state index >= 15 is 0 Å². The summed E-state index contributed by atoms with van der Waals surface area (Å²) in [5.74, 6) is 0.557. The van der Waals surface area contributed by atoms with Gasteiger partial charge in [0.2, 0.25) is 11.8 Å². The molecule has 0 spiro atoms. The summed E-state index contributed by atoms with van der Waals surface area (Å²) in [7, 11) is 0. The molecule has 4 heterocycles. The van der Waals surface area contributed by atoms with Gasteiger partial charge in [0.25, 0.3) is 0 Å². The number of aryl methyl sites for hydroxylation is 1. The topological polar surface area (TPSA) is 138 Å². The number of anilines is 1. The molecule has 0 unspecified atom stereocenters. The lowest BCUT2D eigenvalue weighted by Crippen LogP contribution is -2.38. The Labute approximate surface area is 188 Å². The lowest BCUT2D eigenvalue weighted by Gasteiger charge is -2.26. The number of halogens is 1. The second-order valence-corrected chi connectivity index (χ2v) is 7.68. The van der Waals surface area contributed by atoms with Crippen molar-refractivity contribution >= 4 is 29.0 Å². The molecule has 1 aliphatic heterocycles. The number of carbonyl (C=O) groups is 1. The van der Waals surface area contributed by atoms with Gasteiger partial charge < -0.3 is 19.5 Å². The molecule has 4 rings (SSSR count). The van der Waals surface area contributed by atoms with Gasteiger partial charge in [0.05, 0.1) is 22.9 Å². The van der Waals surface area contributed by atoms with Gasteiger partial charge >= 0.3 is 6.03 Å². The van der Waals surface area contributed by atoms with E-state index in [-0.39, 0.29) is 17.8 Å². The van der Waals surface area contributed by atoms with E-state index in [2.05, 4.69) is 25.5 Å². The van der Waals surface area contributed by atoms with Gasteiger partial charge in [0.1, 0.15) is 5.82 Å². The Balaban J connectivity index is 1.43. The number of nitrogens with zero attached hydrogens (tertiary/aromatic N) is 5. The first-order chi connectivity index (χ1) is 15.4. The molecule has 1 aliphatic rings. The fourth-order valence-electron chi connectivity index (χ4n) is 3.15. The van der Waals surface area contributed by atoms with Crippen LogP contribution < -0.4 is 5.32 Å². The Bertz CT molecular complexity index is 1150. The highest BCUT2D eigenvalue weighted by atomic mass is 35.5. The molecule has 0 aromatic carbocycles. The summed E-state index contributed by atoms with van der Waals surface area (Å²) < 4.78 is 5.36. The van der Waals surface area contributed by atoms with Crippen molar-refractivity contribution in [3.8, 4) is 11.5 Å². The Hall–Kier alpha value is -3.34. The van der Waals surface area contributed by atoms with Crippen LogP contribution in [0.3, 0.4) is 0 Å². The van der Waals surface area contributed by atoms with Gasteiger partial charge in [-0.15, -0.1) is 10.2 Å². The van der Waals surface area contributed by atoms with Crippen LogP contribution in [-0.4, -0.2) is 61.0 Å². The summed E-state index contributed by atoms with van der Waals surface area (Å²) >= 11 is 6.44. The van der Waals surface area contributed by atoms with Gasteiger partial charge in [0.15, 0.2) is 6.10 Å². The van der Waals surface area contributed by atoms with Crippen LogP contribution in [0.25, 0.3) is 17.0 Å². The molecule has 3 aromatic rings. The number of rotatable bonds is 5. The minimum atomic E-state index is -1.24. The van der Waals surface area contributed by atoms with Gasteiger partial charge in [-0.25, -0.2) is 9.78 Å². The average Bonchev–Trinajstić information content (AvgIpc) is 3.30. The van der Waals surface area contributed by atoms with Crippen molar-refractivity contribution < 1.29 is 19.4 Å². The number of amides is 2. The maximum absolute atomic E-state index is 12.5. The van der Waals surface area contributed by atoms with Gasteiger partial charge in [-0.1, -0.05) is 23.7 Å². The van der Waals surface area contributed by atoms with E-state index in [1.165, 1.54) is 0 Å². The zero-order valence-corrected chi connectivity index (χ0v) is 18.0. The lowest BCUT2D eigenvalue weighted by molar-refractivity contribution is 0.0736. The molecule has 0 fully saturated rings. The molecule has 166 valence electrons. The second-order valence-electron chi connectivity index (χ2n) is 7.27. The van der Waals surface area contributed by atoms with Crippen LogP contribution in [-0.2, 0) is 0 Å². The first-order valence-corrected chi connectivity index (χ1v) is 10.3. The van der Waals surface area contributed by atoms with E-state index in [1.807, 2.05) is 19.1 Å². The van der Waals surface area contributed by atoms with Crippen LogP contribution in [0.1, 0.15) is 29.7 Å². The molecule has 0 aliphatic carbocycles. The first-order valence-electron chi connectivity index (χ1n) is 9.91. The predicted molar refractivity (Wildman–Crippen MR) is 117 cm³/mol. The third-order valence-electron chi connectivity index (χ3n) is 4.93. The second kappa shape index (κ2) is 9.43. The number of aromatic nitrogens is 4. The third kappa shape index (κ3) is 4.77. The minimum absolute atomic E-state index is 0.0862. The van der Waals surface area contributed by atoms with Crippen molar-refractivity contribution in [2.75, 3.05) is 25.0 Å². The molecule has 2 amide bonds. The third-order valence-corrected chi connectivity index (χ3v) is 5.22. The van der Waals surface area contributed by atoms with Crippen molar-refractivity contribution in [2.24, 2.45) is 0 Å². The van der Waals surface area contributed by atoms with Crippen LogP contribution in [0.15, 0.2) is 41.1 Å². The summed E-state index contributed by atoms with van der Waals surface area (Å²) in [5, 5.41) is 29.3. The standard InChI is InChI=1S/C21H21ClN6O4/c1-12-2-3-17(23-9-12)25-21(31)28-6-4-13(5-7-28)18-15(22)8-14(10-24-18)19-26-27-20(32-19)16(30)11-29/h2-4,8-10,16,29-30H,5-7,11H2,1H3,(H,23,25,31)/t16-/m0/s1. The zero-order chi connectivity index (χ0) is 22.7. The molecule has 3 aromatic heterocycles. The van der Waals surface area contributed by atoms with Gasteiger partial charge in [-0.2, -0.15) is 0 Å². The number of pyridine rings is 2. The molecule has 0 saturated carbocycles. The Morgan fingerprint density at radius 3 is 2.81 bits per heavy atom. The van der Waals surface area contributed by atoms with E-state index in [4.69, 9.17) is 21.1 Å². The molecule has 0 radical (unpaired) electrons. The average molecular weight is 457 g/mol. The summed E-state index contributed by atoms with van der Waals surface area (Å²) in [6.45, 7) is 2.33. The van der Waals surface area contributed by atoms with Gasteiger partial charge in [-0.05, 0) is 36.6 Å². The molecular formula is C21H21ClN6O4. The molecule has 10 nitrogen and oxygen atoms in total. The SMILES string of the molecule is Cc1ccc(NC(=O)N2CC=C(c3ncc(-c4nnc([C@@H](O)CO)o4)cc3Cl)CC2)nc1. The quantitative estimate of drug-likeness (QED) is 0.532. The van der Waals surface area contributed by atoms with E-state index < -0.39 is 12.7 Å². The van der Waals surface area contributed by atoms with E-state index in [0.717, 1.165) is 11.1 Å². The van der Waals surface area contributed by atoms with Crippen molar-refractivity contribution in [1.82, 2.24) is 25.1 Å². The lowest BCUT2D eigenvalue weighted by atomic mass is 10.0. The van der Waals surface area contributed by atoms with Gasteiger partial charge in [0, 0.05) is 25.5 Å². The van der Waals surface area contributed by atoms with Crippen molar-refractivity contribution in [3.05, 3.63) is 58.8 Å². The number of hydrogen-bond acceptors (Lipinski definition) is 8. The number of aliphatic hydroxyl groups is 2. The fourth-order valence-corrected chi connectivity index (χ4v) is 3.44. The molecule has 3 N–H and O–H groups in total. The molecular weight excluding hydrogens is 436 g/mol. The van der Waals surface area contributed by atoms with Crippen LogP contribution >= 0.6 is 11.6 Å². The summed E-state index contributed by atoms with van der Waals surface area (Å²) in [6.07, 6.45) is 4.52. The maximum Gasteiger partial charge on any atom is 0.323 e. The fraction of sp³-hybridized carbons (Fsp3) is 0.286. The van der Waals surface area contributed by atoms with Crippen molar-refractivity contribution in [3.63, 3.8) is 0 Å². The Kier molecular flexibility index (Phi) is 6.45. The number of aliphatic hydroxyl groups excluding tert-OH is 2. The molecule has 0 bridgehead atoms. The summed E-state index contributed by atoms with van der Waals surface area (Å²) in [5.41, 5.74) is 3.06. The number of carbonyl (C=O) groups excluding carboxylic acids is 1. The van der Waals surface area contributed by atoms with E-state index in [0.29, 0.717) is 41.6 Å². The number of urea groups is 1. The van der Waals surface area contributed by atoms with Crippen LogP contribution in [0, 0.1) is 6.92 Å².